The van der Waals surface area contributed by atoms with Crippen molar-refractivity contribution in [1.82, 2.24) is 0 Å². The van der Waals surface area contributed by atoms with Crippen LogP contribution in [0.3, 0.4) is 0 Å². The summed E-state index contributed by atoms with van der Waals surface area (Å²) in [6.07, 6.45) is 5.79. The lowest BCUT2D eigenvalue weighted by molar-refractivity contribution is -0.137. The normalized spacial score (nSPS) is 15.9. The van der Waals surface area contributed by atoms with Crippen LogP contribution in [0.2, 0.25) is 0 Å². The number of hydrogen-bond donors (Lipinski definition) is 2. The zero-order chi connectivity index (χ0) is 10.8. The number of nitrogens with two attached hydrogens (primary N) is 1. The van der Waals surface area contributed by atoms with Gasteiger partial charge >= 0.3 is 5.97 Å². The number of aliphatic imine (C=N–C) groups is 1. The monoisotopic (exact) mass is 200 g/mol. The van der Waals surface area contributed by atoms with Gasteiger partial charge in [0.05, 0.1) is 5.84 Å². The number of carboxylic acids is 1. The summed E-state index contributed by atoms with van der Waals surface area (Å²) in [5, 5.41) is 7.91. The van der Waals surface area contributed by atoms with E-state index in [1.54, 1.807) is 0 Å². The smallest absolute Gasteiger partial charge is 0.303 e. The Balaban J connectivity index is 0.000000255. The molecule has 0 amide bonds. The van der Waals surface area contributed by atoms with Crippen molar-refractivity contribution in [3.05, 3.63) is 0 Å². The minimum Gasteiger partial charge on any atom is -0.481 e. The van der Waals surface area contributed by atoms with E-state index in [1.165, 1.54) is 19.3 Å². The summed E-state index contributed by atoms with van der Waals surface area (Å²) in [4.78, 5) is 13.7. The van der Waals surface area contributed by atoms with Gasteiger partial charge in [0.1, 0.15) is 0 Å². The van der Waals surface area contributed by atoms with Crippen molar-refractivity contribution in [1.29, 1.82) is 0 Å². The molecule has 0 atom stereocenters. The fraction of sp³-hybridized carbons (Fsp3) is 0.800. The summed E-state index contributed by atoms with van der Waals surface area (Å²) in [5.41, 5.74) is 5.48. The lowest BCUT2D eigenvalue weighted by atomic mass is 10.2. The van der Waals surface area contributed by atoms with Crippen molar-refractivity contribution in [3.63, 3.8) is 0 Å². The molecule has 3 N–H and O–H groups in total. The SMILES string of the molecule is CCCC(=O)O.NC1=NCCCCC1. The molecule has 1 heterocycles. The van der Waals surface area contributed by atoms with Gasteiger partial charge in [-0.1, -0.05) is 13.3 Å². The number of hydrogen-bond acceptors (Lipinski definition) is 3. The Labute approximate surface area is 85.2 Å². The molecule has 1 rings (SSSR count). The highest BCUT2D eigenvalue weighted by Crippen LogP contribution is 2.03. The van der Waals surface area contributed by atoms with Gasteiger partial charge in [0, 0.05) is 19.4 Å². The average Bonchev–Trinajstić information content (AvgIpc) is 2.33. The predicted molar refractivity (Wildman–Crippen MR) is 57.5 cm³/mol. The van der Waals surface area contributed by atoms with Crippen molar-refractivity contribution >= 4 is 11.8 Å². The molecule has 4 nitrogen and oxygen atoms in total. The van der Waals surface area contributed by atoms with Crippen LogP contribution in [-0.4, -0.2) is 23.5 Å². The third-order valence-corrected chi connectivity index (χ3v) is 1.87. The second-order valence-corrected chi connectivity index (χ2v) is 3.33. The first-order valence-electron chi connectivity index (χ1n) is 5.17. The van der Waals surface area contributed by atoms with Gasteiger partial charge in [0.15, 0.2) is 0 Å². The third-order valence-electron chi connectivity index (χ3n) is 1.87. The van der Waals surface area contributed by atoms with Crippen LogP contribution in [0.4, 0.5) is 0 Å². The van der Waals surface area contributed by atoms with Crippen molar-refractivity contribution in [2.45, 2.75) is 45.4 Å². The maximum Gasteiger partial charge on any atom is 0.303 e. The van der Waals surface area contributed by atoms with Gasteiger partial charge in [-0.05, 0) is 19.3 Å². The highest BCUT2D eigenvalue weighted by Gasteiger charge is 1.97. The highest BCUT2D eigenvalue weighted by molar-refractivity contribution is 5.80. The summed E-state index contributed by atoms with van der Waals surface area (Å²) in [5.74, 6) is 0.139. The van der Waals surface area contributed by atoms with Gasteiger partial charge in [-0.2, -0.15) is 0 Å². The maximum atomic E-state index is 9.60. The number of carbonyl (C=O) groups is 1. The first-order chi connectivity index (χ1) is 6.66. The Bertz CT molecular complexity index is 191. The molecule has 1 aliphatic rings. The Morgan fingerprint density at radius 2 is 2.21 bits per heavy atom. The summed E-state index contributed by atoms with van der Waals surface area (Å²) in [6, 6.07) is 0. The van der Waals surface area contributed by atoms with E-state index in [1.807, 2.05) is 6.92 Å². The molecule has 1 aliphatic heterocycles. The predicted octanol–water partition coefficient (Wildman–Crippen LogP) is 1.79. The zero-order valence-corrected chi connectivity index (χ0v) is 8.83. The Morgan fingerprint density at radius 3 is 2.71 bits per heavy atom. The van der Waals surface area contributed by atoms with Gasteiger partial charge in [-0.25, -0.2) is 0 Å². The van der Waals surface area contributed by atoms with E-state index >= 15 is 0 Å². The third kappa shape index (κ3) is 9.03. The number of amidine groups is 1. The summed E-state index contributed by atoms with van der Waals surface area (Å²) < 4.78 is 0. The topological polar surface area (TPSA) is 75.7 Å². The largest absolute Gasteiger partial charge is 0.481 e. The Kier molecular flexibility index (Phi) is 7.89. The number of carboxylic acid groups (broad SMARTS) is 1. The van der Waals surface area contributed by atoms with Crippen LogP contribution in [-0.2, 0) is 4.79 Å². The Morgan fingerprint density at radius 1 is 1.50 bits per heavy atom. The van der Waals surface area contributed by atoms with Gasteiger partial charge < -0.3 is 10.8 Å². The molecule has 0 aromatic carbocycles. The van der Waals surface area contributed by atoms with Gasteiger partial charge in [-0.15, -0.1) is 0 Å². The lowest BCUT2D eigenvalue weighted by Crippen LogP contribution is -2.09. The van der Waals surface area contributed by atoms with E-state index in [4.69, 9.17) is 10.8 Å². The molecule has 0 saturated heterocycles. The van der Waals surface area contributed by atoms with E-state index in [-0.39, 0.29) is 0 Å². The standard InChI is InChI=1S/C6H12N2.C4H8O2/c7-6-4-2-1-3-5-8-6;1-2-3-4(5)6/h1-5H2,(H2,7,8);2-3H2,1H3,(H,5,6). The van der Waals surface area contributed by atoms with Gasteiger partial charge in [-0.3, -0.25) is 9.79 Å². The molecule has 0 radical (unpaired) electrons. The fourth-order valence-electron chi connectivity index (χ4n) is 1.11. The minimum atomic E-state index is -0.711. The highest BCUT2D eigenvalue weighted by atomic mass is 16.4. The van der Waals surface area contributed by atoms with Crippen molar-refractivity contribution in [2.75, 3.05) is 6.54 Å². The van der Waals surface area contributed by atoms with Crippen LogP contribution < -0.4 is 5.73 Å². The van der Waals surface area contributed by atoms with Crippen LogP contribution in [0.5, 0.6) is 0 Å². The zero-order valence-electron chi connectivity index (χ0n) is 8.83. The quantitative estimate of drug-likeness (QED) is 0.713. The molecule has 0 aromatic heterocycles. The lowest BCUT2D eigenvalue weighted by Gasteiger charge is -1.90. The van der Waals surface area contributed by atoms with E-state index < -0.39 is 5.97 Å². The van der Waals surface area contributed by atoms with E-state index in [0.717, 1.165) is 25.2 Å². The van der Waals surface area contributed by atoms with Crippen LogP contribution in [0.1, 0.15) is 45.4 Å². The number of nitrogens with zero attached hydrogens (tertiary/aromatic N) is 1. The minimum absolute atomic E-state index is 0.292. The van der Waals surface area contributed by atoms with Crippen LogP contribution >= 0.6 is 0 Å². The van der Waals surface area contributed by atoms with Crippen molar-refractivity contribution < 1.29 is 9.90 Å². The van der Waals surface area contributed by atoms with Gasteiger partial charge in [0.2, 0.25) is 0 Å². The number of aliphatic carboxylic acids is 1. The van der Waals surface area contributed by atoms with E-state index in [2.05, 4.69) is 4.99 Å². The molecule has 14 heavy (non-hydrogen) atoms. The van der Waals surface area contributed by atoms with Crippen molar-refractivity contribution in [2.24, 2.45) is 10.7 Å². The second-order valence-electron chi connectivity index (χ2n) is 3.33. The summed E-state index contributed by atoms with van der Waals surface area (Å²) >= 11 is 0. The molecule has 0 bridgehead atoms. The van der Waals surface area contributed by atoms with Crippen LogP contribution in [0, 0.1) is 0 Å². The van der Waals surface area contributed by atoms with Gasteiger partial charge in [0.25, 0.3) is 0 Å². The number of rotatable bonds is 2. The average molecular weight is 200 g/mol. The summed E-state index contributed by atoms with van der Waals surface area (Å²) in [6.45, 7) is 2.79. The molecule has 82 valence electrons. The molecular formula is C10H20N2O2. The first-order valence-corrected chi connectivity index (χ1v) is 5.17. The maximum absolute atomic E-state index is 9.60. The first kappa shape index (κ1) is 12.9. The molecule has 0 spiro atoms. The van der Waals surface area contributed by atoms with Crippen LogP contribution in [0.25, 0.3) is 0 Å². The Hall–Kier alpha value is -1.06. The molecular weight excluding hydrogens is 180 g/mol. The molecule has 0 unspecified atom stereocenters. The molecule has 0 aliphatic carbocycles. The molecule has 0 saturated carbocycles. The van der Waals surface area contributed by atoms with Crippen LogP contribution in [0.15, 0.2) is 4.99 Å². The van der Waals surface area contributed by atoms with E-state index in [0.29, 0.717) is 6.42 Å². The molecule has 0 fully saturated rings. The van der Waals surface area contributed by atoms with Crippen molar-refractivity contribution in [3.8, 4) is 0 Å². The fourth-order valence-corrected chi connectivity index (χ4v) is 1.11. The molecule has 4 heteroatoms. The summed E-state index contributed by atoms with van der Waals surface area (Å²) in [7, 11) is 0. The van der Waals surface area contributed by atoms with E-state index in [9.17, 15) is 4.79 Å². The second kappa shape index (κ2) is 8.53. The molecule has 0 aromatic rings.